The van der Waals surface area contributed by atoms with Crippen molar-refractivity contribution in [3.8, 4) is 11.5 Å². The summed E-state index contributed by atoms with van der Waals surface area (Å²) in [4.78, 5) is 17.7. The number of carbonyl (C=O) groups is 1. The molecule has 1 amide bonds. The van der Waals surface area contributed by atoms with Gasteiger partial charge in [0, 0.05) is 12.1 Å². The molecule has 6 nitrogen and oxygen atoms in total. The largest absolute Gasteiger partial charge is 0.497 e. The van der Waals surface area contributed by atoms with Crippen LogP contribution < -0.4 is 14.8 Å². The van der Waals surface area contributed by atoms with Crippen LogP contribution in [-0.2, 0) is 6.54 Å². The number of hydrogen-bond acceptors (Lipinski definition) is 4. The number of aryl methyl sites for hydroxylation is 2. The van der Waals surface area contributed by atoms with Crippen molar-refractivity contribution in [2.75, 3.05) is 13.7 Å². The summed E-state index contributed by atoms with van der Waals surface area (Å²) in [6, 6.07) is 21.0. The van der Waals surface area contributed by atoms with E-state index in [0.29, 0.717) is 12.2 Å². The van der Waals surface area contributed by atoms with Crippen LogP contribution in [0.4, 0.5) is 0 Å². The summed E-state index contributed by atoms with van der Waals surface area (Å²) in [5.74, 6) is 2.33. The summed E-state index contributed by atoms with van der Waals surface area (Å²) in [5, 5.41) is 3.09. The van der Waals surface area contributed by atoms with E-state index < -0.39 is 0 Å². The van der Waals surface area contributed by atoms with E-state index in [9.17, 15) is 4.79 Å². The topological polar surface area (TPSA) is 65.4 Å². The highest BCUT2D eigenvalue weighted by atomic mass is 16.5. The fourth-order valence-electron chi connectivity index (χ4n) is 4.03. The predicted molar refractivity (Wildman–Crippen MR) is 135 cm³/mol. The summed E-state index contributed by atoms with van der Waals surface area (Å²) in [7, 11) is 1.61. The Balaban J connectivity index is 1.47. The number of benzene rings is 3. The Morgan fingerprint density at radius 1 is 1.03 bits per heavy atom. The molecule has 0 spiro atoms. The van der Waals surface area contributed by atoms with Gasteiger partial charge in [-0.2, -0.15) is 0 Å². The van der Waals surface area contributed by atoms with Gasteiger partial charge in [0.2, 0.25) is 0 Å². The van der Waals surface area contributed by atoms with Crippen molar-refractivity contribution in [3.63, 3.8) is 0 Å². The monoisotopic (exact) mass is 457 g/mol. The summed E-state index contributed by atoms with van der Waals surface area (Å²) >= 11 is 0. The zero-order chi connectivity index (χ0) is 24.1. The van der Waals surface area contributed by atoms with Crippen molar-refractivity contribution in [1.82, 2.24) is 14.9 Å². The average molecular weight is 458 g/mol. The Bertz CT molecular complexity index is 1280. The van der Waals surface area contributed by atoms with Crippen LogP contribution in [-0.4, -0.2) is 29.2 Å². The minimum absolute atomic E-state index is 0.146. The number of imidazole rings is 1. The highest BCUT2D eigenvalue weighted by molar-refractivity contribution is 5.94. The van der Waals surface area contributed by atoms with E-state index in [4.69, 9.17) is 14.5 Å². The molecule has 0 aliphatic rings. The van der Waals surface area contributed by atoms with Gasteiger partial charge in [-0.1, -0.05) is 24.3 Å². The number of ether oxygens (including phenoxy) is 2. The maximum Gasteiger partial charge on any atom is 0.251 e. The lowest BCUT2D eigenvalue weighted by Gasteiger charge is -2.17. The van der Waals surface area contributed by atoms with E-state index in [1.54, 1.807) is 31.4 Å². The lowest BCUT2D eigenvalue weighted by Crippen LogP contribution is -2.28. The minimum Gasteiger partial charge on any atom is -0.497 e. The molecule has 6 heteroatoms. The molecular formula is C28H31N3O3. The van der Waals surface area contributed by atoms with Gasteiger partial charge in [-0.3, -0.25) is 4.79 Å². The average Bonchev–Trinajstić information content (AvgIpc) is 3.23. The van der Waals surface area contributed by atoms with E-state index in [2.05, 4.69) is 35.9 Å². The number of para-hydroxylation sites is 2. The van der Waals surface area contributed by atoms with Crippen LogP contribution in [0.3, 0.4) is 0 Å². The van der Waals surface area contributed by atoms with Crippen molar-refractivity contribution in [3.05, 3.63) is 89.2 Å². The molecule has 1 aromatic heterocycles. The van der Waals surface area contributed by atoms with E-state index in [1.807, 2.05) is 37.3 Å². The predicted octanol–water partition coefficient (Wildman–Crippen LogP) is 5.62. The molecule has 4 aromatic rings. The van der Waals surface area contributed by atoms with Crippen LogP contribution in [0.2, 0.25) is 0 Å². The first-order valence-electron chi connectivity index (χ1n) is 11.6. The normalized spacial score (nSPS) is 11.9. The molecule has 0 aliphatic heterocycles. The van der Waals surface area contributed by atoms with Gasteiger partial charge >= 0.3 is 0 Å². The minimum atomic E-state index is -0.262. The third-order valence-corrected chi connectivity index (χ3v) is 6.11. The fourth-order valence-corrected chi connectivity index (χ4v) is 4.03. The number of aromatic nitrogens is 2. The standard InChI is InChI=1S/C28H31N3O3/c1-19-9-7-12-26(20(19)2)34-18-8-17-31-25-11-6-5-10-24(25)30-27(31)21(3)29-28(32)22-13-15-23(33-4)16-14-22/h5-7,9-16,21H,8,17-18H2,1-4H3,(H,29,32). The molecule has 1 atom stereocenters. The highest BCUT2D eigenvalue weighted by Crippen LogP contribution is 2.23. The Morgan fingerprint density at radius 2 is 1.79 bits per heavy atom. The summed E-state index contributed by atoms with van der Waals surface area (Å²) in [5.41, 5.74) is 4.94. The molecule has 0 aliphatic carbocycles. The number of amides is 1. The molecule has 0 bridgehead atoms. The Kier molecular flexibility index (Phi) is 7.16. The molecular weight excluding hydrogens is 426 g/mol. The second-order valence-corrected chi connectivity index (χ2v) is 8.43. The lowest BCUT2D eigenvalue weighted by atomic mass is 10.1. The van der Waals surface area contributed by atoms with Gasteiger partial charge in [0.05, 0.1) is 30.8 Å². The Hall–Kier alpha value is -3.80. The maximum absolute atomic E-state index is 12.8. The van der Waals surface area contributed by atoms with Crippen LogP contribution >= 0.6 is 0 Å². The first-order chi connectivity index (χ1) is 16.5. The third-order valence-electron chi connectivity index (χ3n) is 6.11. The third kappa shape index (κ3) is 5.06. The van der Waals surface area contributed by atoms with Gasteiger partial charge in [0.1, 0.15) is 17.3 Å². The van der Waals surface area contributed by atoms with Gasteiger partial charge in [-0.05, 0) is 80.8 Å². The van der Waals surface area contributed by atoms with Crippen molar-refractivity contribution < 1.29 is 14.3 Å². The summed E-state index contributed by atoms with van der Waals surface area (Å²) in [6.45, 7) is 7.48. The van der Waals surface area contributed by atoms with Gasteiger partial charge in [-0.15, -0.1) is 0 Å². The zero-order valence-corrected chi connectivity index (χ0v) is 20.2. The van der Waals surface area contributed by atoms with Crippen LogP contribution in [0.1, 0.15) is 46.7 Å². The molecule has 3 aromatic carbocycles. The number of carbonyl (C=O) groups excluding carboxylic acids is 1. The number of fused-ring (bicyclic) bond motifs is 1. The van der Waals surface area contributed by atoms with Gasteiger partial charge in [-0.25, -0.2) is 4.98 Å². The molecule has 0 saturated heterocycles. The van der Waals surface area contributed by atoms with Gasteiger partial charge in [0.25, 0.3) is 5.91 Å². The van der Waals surface area contributed by atoms with Crippen molar-refractivity contribution in [1.29, 1.82) is 0 Å². The molecule has 0 radical (unpaired) electrons. The number of nitrogens with one attached hydrogen (secondary N) is 1. The smallest absolute Gasteiger partial charge is 0.251 e. The second kappa shape index (κ2) is 10.4. The molecule has 1 N–H and O–H groups in total. The molecule has 0 saturated carbocycles. The molecule has 1 unspecified atom stereocenters. The Morgan fingerprint density at radius 3 is 2.56 bits per heavy atom. The van der Waals surface area contributed by atoms with Crippen molar-refractivity contribution in [2.24, 2.45) is 0 Å². The van der Waals surface area contributed by atoms with E-state index in [0.717, 1.165) is 41.3 Å². The molecule has 0 fully saturated rings. The number of methoxy groups -OCH3 is 1. The van der Waals surface area contributed by atoms with Crippen LogP contribution in [0, 0.1) is 13.8 Å². The highest BCUT2D eigenvalue weighted by Gasteiger charge is 2.19. The number of hydrogen-bond donors (Lipinski definition) is 1. The Labute approximate surface area is 200 Å². The zero-order valence-electron chi connectivity index (χ0n) is 20.2. The molecule has 176 valence electrons. The number of rotatable bonds is 9. The van der Waals surface area contributed by atoms with Crippen LogP contribution in [0.15, 0.2) is 66.7 Å². The van der Waals surface area contributed by atoms with E-state index >= 15 is 0 Å². The molecule has 34 heavy (non-hydrogen) atoms. The van der Waals surface area contributed by atoms with E-state index in [-0.39, 0.29) is 11.9 Å². The maximum atomic E-state index is 12.8. The first-order valence-corrected chi connectivity index (χ1v) is 11.6. The van der Waals surface area contributed by atoms with Crippen molar-refractivity contribution >= 4 is 16.9 Å². The lowest BCUT2D eigenvalue weighted by molar-refractivity contribution is 0.0937. The fraction of sp³-hybridized carbons (Fsp3) is 0.286. The van der Waals surface area contributed by atoms with Crippen LogP contribution in [0.25, 0.3) is 11.0 Å². The van der Waals surface area contributed by atoms with Gasteiger partial charge < -0.3 is 19.4 Å². The molecule has 4 rings (SSSR count). The quantitative estimate of drug-likeness (QED) is 0.331. The first kappa shape index (κ1) is 23.4. The second-order valence-electron chi connectivity index (χ2n) is 8.43. The van der Waals surface area contributed by atoms with Crippen molar-refractivity contribution in [2.45, 2.75) is 39.8 Å². The number of nitrogens with zero attached hydrogens (tertiary/aromatic N) is 2. The molecule has 1 heterocycles. The summed E-state index contributed by atoms with van der Waals surface area (Å²) < 4.78 is 13.4. The summed E-state index contributed by atoms with van der Waals surface area (Å²) in [6.07, 6.45) is 0.819. The van der Waals surface area contributed by atoms with Crippen LogP contribution in [0.5, 0.6) is 11.5 Å². The van der Waals surface area contributed by atoms with E-state index in [1.165, 1.54) is 11.1 Å². The van der Waals surface area contributed by atoms with Gasteiger partial charge in [0.15, 0.2) is 0 Å². The SMILES string of the molecule is COc1ccc(C(=O)NC(C)c2nc3ccccc3n2CCCOc2cccc(C)c2C)cc1.